The quantitative estimate of drug-likeness (QED) is 0.794. The number of hydrogen-bond acceptors (Lipinski definition) is 4. The number of aromatic nitrogens is 1. The summed E-state index contributed by atoms with van der Waals surface area (Å²) in [6, 6.07) is 3.96. The Morgan fingerprint density at radius 3 is 3.12 bits per heavy atom. The van der Waals surface area contributed by atoms with Crippen molar-refractivity contribution in [2.75, 3.05) is 6.61 Å². The van der Waals surface area contributed by atoms with Gasteiger partial charge in [-0.15, -0.1) is 0 Å². The number of nitrogens with two attached hydrogens (primary N) is 1. The molecule has 2 rings (SSSR count). The normalized spacial score (nSPS) is 23.4. The molecule has 5 heteroatoms. The number of ether oxygens (including phenoxy) is 1. The zero-order chi connectivity index (χ0) is 12.1. The topological polar surface area (TPSA) is 77.2 Å². The maximum Gasteiger partial charge on any atom is 0.258 e. The van der Waals surface area contributed by atoms with E-state index >= 15 is 0 Å². The fourth-order valence-corrected chi connectivity index (χ4v) is 2.00. The molecule has 0 spiro atoms. The Morgan fingerprint density at radius 2 is 2.47 bits per heavy atom. The molecule has 1 amide bonds. The summed E-state index contributed by atoms with van der Waals surface area (Å²) < 4.78 is 5.30. The second-order valence-corrected chi connectivity index (χ2v) is 4.31. The lowest BCUT2D eigenvalue weighted by Gasteiger charge is -2.12. The largest absolute Gasteiger partial charge is 0.482 e. The molecule has 3 N–H and O–H groups in total. The van der Waals surface area contributed by atoms with Crippen LogP contribution in [0.2, 0.25) is 0 Å². The third-order valence-electron chi connectivity index (χ3n) is 2.84. The summed E-state index contributed by atoms with van der Waals surface area (Å²) in [5.74, 6) is 0.499. The van der Waals surface area contributed by atoms with Gasteiger partial charge in [-0.3, -0.25) is 9.78 Å². The summed E-state index contributed by atoms with van der Waals surface area (Å²) in [7, 11) is 0. The molecule has 1 heterocycles. The predicted octanol–water partition coefficient (Wildman–Crippen LogP) is 0.456. The number of pyridine rings is 1. The van der Waals surface area contributed by atoms with Crippen LogP contribution in [0.25, 0.3) is 0 Å². The fourth-order valence-electron chi connectivity index (χ4n) is 2.00. The van der Waals surface area contributed by atoms with E-state index in [1.807, 2.05) is 0 Å². The first-order chi connectivity index (χ1) is 8.24. The van der Waals surface area contributed by atoms with Crippen LogP contribution in [0.3, 0.4) is 0 Å². The molecule has 1 aliphatic rings. The Labute approximate surface area is 100 Å². The first-order valence-electron chi connectivity index (χ1n) is 5.82. The van der Waals surface area contributed by atoms with Gasteiger partial charge in [0.1, 0.15) is 5.75 Å². The third-order valence-corrected chi connectivity index (χ3v) is 2.84. The molecule has 0 aromatic carbocycles. The molecule has 92 valence electrons. The van der Waals surface area contributed by atoms with Gasteiger partial charge in [0.25, 0.3) is 5.91 Å². The lowest BCUT2D eigenvalue weighted by molar-refractivity contribution is -0.123. The molecule has 1 aliphatic carbocycles. The fraction of sp³-hybridized carbons (Fsp3) is 0.500. The first-order valence-corrected chi connectivity index (χ1v) is 5.82. The van der Waals surface area contributed by atoms with E-state index in [1.165, 1.54) is 0 Å². The van der Waals surface area contributed by atoms with Gasteiger partial charge >= 0.3 is 0 Å². The highest BCUT2D eigenvalue weighted by Crippen LogP contribution is 2.16. The predicted molar refractivity (Wildman–Crippen MR) is 63.5 cm³/mol. The molecule has 0 radical (unpaired) electrons. The zero-order valence-electron chi connectivity index (χ0n) is 9.63. The van der Waals surface area contributed by atoms with E-state index < -0.39 is 0 Å². The van der Waals surface area contributed by atoms with Crippen molar-refractivity contribution in [1.82, 2.24) is 10.3 Å². The SMILES string of the molecule is N[C@H]1CC[C@H](NC(=O)COc2cccnc2)C1. The Balaban J connectivity index is 1.71. The van der Waals surface area contributed by atoms with E-state index in [0.29, 0.717) is 5.75 Å². The van der Waals surface area contributed by atoms with Gasteiger partial charge in [-0.25, -0.2) is 0 Å². The van der Waals surface area contributed by atoms with E-state index in [4.69, 9.17) is 10.5 Å². The Bertz CT molecular complexity index is 369. The van der Waals surface area contributed by atoms with Crippen molar-refractivity contribution in [3.8, 4) is 5.75 Å². The van der Waals surface area contributed by atoms with Crippen molar-refractivity contribution in [3.05, 3.63) is 24.5 Å². The van der Waals surface area contributed by atoms with Crippen LogP contribution < -0.4 is 15.8 Å². The third kappa shape index (κ3) is 3.71. The number of hydrogen-bond donors (Lipinski definition) is 2. The van der Waals surface area contributed by atoms with E-state index in [-0.39, 0.29) is 24.6 Å². The molecule has 17 heavy (non-hydrogen) atoms. The number of nitrogens with zero attached hydrogens (tertiary/aromatic N) is 1. The first kappa shape index (κ1) is 11.9. The van der Waals surface area contributed by atoms with Gasteiger partial charge in [0, 0.05) is 18.3 Å². The molecule has 0 aliphatic heterocycles. The maximum atomic E-state index is 11.6. The van der Waals surface area contributed by atoms with E-state index in [1.54, 1.807) is 24.5 Å². The van der Waals surface area contributed by atoms with E-state index in [2.05, 4.69) is 10.3 Å². The molecule has 5 nitrogen and oxygen atoms in total. The van der Waals surface area contributed by atoms with Gasteiger partial charge in [0.05, 0.1) is 6.20 Å². The van der Waals surface area contributed by atoms with Crippen molar-refractivity contribution >= 4 is 5.91 Å². The van der Waals surface area contributed by atoms with E-state index in [9.17, 15) is 4.79 Å². The second-order valence-electron chi connectivity index (χ2n) is 4.31. The van der Waals surface area contributed by atoms with Crippen LogP contribution in [0.4, 0.5) is 0 Å². The van der Waals surface area contributed by atoms with Crippen LogP contribution in [0, 0.1) is 0 Å². The number of rotatable bonds is 4. The van der Waals surface area contributed by atoms with Crippen LogP contribution in [0.5, 0.6) is 5.75 Å². The van der Waals surface area contributed by atoms with Gasteiger partial charge in [0.2, 0.25) is 0 Å². The zero-order valence-corrected chi connectivity index (χ0v) is 9.63. The van der Waals surface area contributed by atoms with Crippen LogP contribution in [0.15, 0.2) is 24.5 Å². The maximum absolute atomic E-state index is 11.6. The van der Waals surface area contributed by atoms with Crippen molar-refractivity contribution in [2.45, 2.75) is 31.3 Å². The van der Waals surface area contributed by atoms with Crippen molar-refractivity contribution < 1.29 is 9.53 Å². The molecule has 1 aromatic rings. The van der Waals surface area contributed by atoms with Crippen LogP contribution >= 0.6 is 0 Å². The average Bonchev–Trinajstić information content (AvgIpc) is 2.73. The van der Waals surface area contributed by atoms with Gasteiger partial charge < -0.3 is 15.8 Å². The van der Waals surface area contributed by atoms with Crippen LogP contribution in [-0.2, 0) is 4.79 Å². The summed E-state index contributed by atoms with van der Waals surface area (Å²) in [5.41, 5.74) is 5.78. The Morgan fingerprint density at radius 1 is 1.59 bits per heavy atom. The van der Waals surface area contributed by atoms with Crippen molar-refractivity contribution in [2.24, 2.45) is 5.73 Å². The van der Waals surface area contributed by atoms with Gasteiger partial charge in [-0.2, -0.15) is 0 Å². The monoisotopic (exact) mass is 235 g/mol. The number of carbonyl (C=O) groups excluding carboxylic acids is 1. The van der Waals surface area contributed by atoms with Crippen molar-refractivity contribution in [3.63, 3.8) is 0 Å². The Kier molecular flexibility index (Phi) is 3.93. The molecule has 1 saturated carbocycles. The molecule has 1 fully saturated rings. The van der Waals surface area contributed by atoms with Crippen molar-refractivity contribution in [1.29, 1.82) is 0 Å². The smallest absolute Gasteiger partial charge is 0.258 e. The molecular weight excluding hydrogens is 218 g/mol. The number of amides is 1. The van der Waals surface area contributed by atoms with Gasteiger partial charge in [-0.1, -0.05) is 0 Å². The van der Waals surface area contributed by atoms with Crippen LogP contribution in [0.1, 0.15) is 19.3 Å². The van der Waals surface area contributed by atoms with Gasteiger partial charge in [-0.05, 0) is 31.4 Å². The average molecular weight is 235 g/mol. The summed E-state index contributed by atoms with van der Waals surface area (Å²) in [5, 5.41) is 2.92. The van der Waals surface area contributed by atoms with Gasteiger partial charge in [0.15, 0.2) is 6.61 Å². The summed E-state index contributed by atoms with van der Waals surface area (Å²) in [6.07, 6.45) is 6.04. The minimum Gasteiger partial charge on any atom is -0.482 e. The lowest BCUT2D eigenvalue weighted by atomic mass is 10.2. The summed E-state index contributed by atoms with van der Waals surface area (Å²) >= 11 is 0. The highest BCUT2D eigenvalue weighted by Gasteiger charge is 2.22. The van der Waals surface area contributed by atoms with Crippen LogP contribution in [-0.4, -0.2) is 29.6 Å². The molecule has 0 bridgehead atoms. The molecular formula is C12H17N3O2. The highest BCUT2D eigenvalue weighted by atomic mass is 16.5. The number of nitrogens with one attached hydrogen (secondary N) is 1. The number of carbonyl (C=O) groups is 1. The summed E-state index contributed by atoms with van der Waals surface area (Å²) in [4.78, 5) is 15.5. The highest BCUT2D eigenvalue weighted by molar-refractivity contribution is 5.77. The Hall–Kier alpha value is -1.62. The molecule has 0 unspecified atom stereocenters. The lowest BCUT2D eigenvalue weighted by Crippen LogP contribution is -2.37. The molecule has 0 saturated heterocycles. The van der Waals surface area contributed by atoms with E-state index in [0.717, 1.165) is 19.3 Å². The minimum absolute atomic E-state index is 0.0252. The second kappa shape index (κ2) is 5.63. The molecule has 2 atom stereocenters. The minimum atomic E-state index is -0.104. The standard InChI is InChI=1S/C12H17N3O2/c13-9-3-4-10(6-9)15-12(16)8-17-11-2-1-5-14-7-11/h1-2,5,7,9-10H,3-4,6,8,13H2,(H,15,16)/t9-,10-/m0/s1. The summed E-state index contributed by atoms with van der Waals surface area (Å²) in [6.45, 7) is 0.0252. The molecule has 1 aromatic heterocycles.